The number of phenols is 1. The Morgan fingerprint density at radius 3 is 2.33 bits per heavy atom. The maximum atomic E-state index is 13.0. The van der Waals surface area contributed by atoms with Gasteiger partial charge in [0.05, 0.1) is 10.6 Å². The monoisotopic (exact) mass is 294 g/mol. The second-order valence-corrected chi connectivity index (χ2v) is 4.07. The van der Waals surface area contributed by atoms with E-state index < -0.39 is 28.2 Å². The van der Waals surface area contributed by atoms with Gasteiger partial charge in [0.25, 0.3) is 11.6 Å². The molecule has 1 amide bonds. The van der Waals surface area contributed by atoms with Crippen LogP contribution in [0, 0.1) is 21.7 Å². The molecular formula is C13H8F2N2O4. The topological polar surface area (TPSA) is 92.5 Å². The average Bonchev–Trinajstić information content (AvgIpc) is 2.39. The number of non-ortho nitro benzene ring substituents is 1. The van der Waals surface area contributed by atoms with Gasteiger partial charge in [-0.2, -0.15) is 0 Å². The zero-order valence-electron chi connectivity index (χ0n) is 10.3. The molecule has 2 rings (SSSR count). The fraction of sp³-hybridized carbons (Fsp3) is 0. The third-order valence-electron chi connectivity index (χ3n) is 2.56. The quantitative estimate of drug-likeness (QED) is 0.517. The Morgan fingerprint density at radius 1 is 1.14 bits per heavy atom. The standard InChI is InChI=1S/C13H8F2N2O4/c14-8-3-7(4-9(15)5-8)13(19)16-11-6-10(17(20)21)1-2-12(11)18/h1-6,18H,(H,16,19). The van der Waals surface area contributed by atoms with E-state index in [-0.39, 0.29) is 16.9 Å². The molecule has 0 saturated carbocycles. The van der Waals surface area contributed by atoms with Gasteiger partial charge >= 0.3 is 0 Å². The van der Waals surface area contributed by atoms with Gasteiger partial charge in [-0.3, -0.25) is 14.9 Å². The summed E-state index contributed by atoms with van der Waals surface area (Å²) in [5.41, 5.74) is -0.911. The van der Waals surface area contributed by atoms with Crippen LogP contribution >= 0.6 is 0 Å². The van der Waals surface area contributed by atoms with E-state index in [0.29, 0.717) is 6.07 Å². The predicted octanol–water partition coefficient (Wildman–Crippen LogP) is 2.83. The number of carbonyl (C=O) groups is 1. The first-order valence-electron chi connectivity index (χ1n) is 5.61. The average molecular weight is 294 g/mol. The number of amides is 1. The van der Waals surface area contributed by atoms with E-state index in [2.05, 4.69) is 5.32 Å². The number of nitrogens with one attached hydrogen (secondary N) is 1. The summed E-state index contributed by atoms with van der Waals surface area (Å²) < 4.78 is 26.0. The van der Waals surface area contributed by atoms with Gasteiger partial charge < -0.3 is 10.4 Å². The molecule has 0 aliphatic carbocycles. The van der Waals surface area contributed by atoms with E-state index in [0.717, 1.165) is 30.3 Å². The summed E-state index contributed by atoms with van der Waals surface area (Å²) in [6, 6.07) is 5.21. The van der Waals surface area contributed by atoms with E-state index >= 15 is 0 Å². The molecule has 0 bridgehead atoms. The minimum Gasteiger partial charge on any atom is -0.506 e. The van der Waals surface area contributed by atoms with Gasteiger partial charge in [0.1, 0.15) is 17.4 Å². The van der Waals surface area contributed by atoms with Crippen molar-refractivity contribution in [2.45, 2.75) is 0 Å². The highest BCUT2D eigenvalue weighted by Gasteiger charge is 2.15. The smallest absolute Gasteiger partial charge is 0.271 e. The van der Waals surface area contributed by atoms with Crippen LogP contribution in [-0.4, -0.2) is 15.9 Å². The van der Waals surface area contributed by atoms with Crippen LogP contribution in [0.25, 0.3) is 0 Å². The van der Waals surface area contributed by atoms with Crippen molar-refractivity contribution in [3.8, 4) is 5.75 Å². The normalized spacial score (nSPS) is 10.2. The first-order chi connectivity index (χ1) is 9.86. The van der Waals surface area contributed by atoms with Crippen LogP contribution in [0.2, 0.25) is 0 Å². The van der Waals surface area contributed by atoms with E-state index in [1.165, 1.54) is 0 Å². The van der Waals surface area contributed by atoms with Crippen molar-refractivity contribution in [3.63, 3.8) is 0 Å². The van der Waals surface area contributed by atoms with Gasteiger partial charge in [-0.15, -0.1) is 0 Å². The van der Waals surface area contributed by atoms with Crippen LogP contribution in [0.1, 0.15) is 10.4 Å². The van der Waals surface area contributed by atoms with Crippen molar-refractivity contribution in [2.75, 3.05) is 5.32 Å². The number of halogens is 2. The summed E-state index contributed by atoms with van der Waals surface area (Å²) in [5.74, 6) is -3.21. The highest BCUT2D eigenvalue weighted by atomic mass is 19.1. The molecule has 0 aliphatic rings. The van der Waals surface area contributed by atoms with Crippen molar-refractivity contribution in [3.05, 3.63) is 63.7 Å². The zero-order valence-corrected chi connectivity index (χ0v) is 10.3. The zero-order chi connectivity index (χ0) is 15.6. The van der Waals surface area contributed by atoms with Crippen molar-refractivity contribution >= 4 is 17.3 Å². The number of phenolic OH excluding ortho intramolecular Hbond substituents is 1. The molecule has 8 heteroatoms. The molecule has 6 nitrogen and oxygen atoms in total. The molecule has 0 saturated heterocycles. The number of hydrogen-bond donors (Lipinski definition) is 2. The van der Waals surface area contributed by atoms with Gasteiger partial charge in [-0.25, -0.2) is 8.78 Å². The summed E-state index contributed by atoms with van der Waals surface area (Å²) in [6.45, 7) is 0. The first-order valence-corrected chi connectivity index (χ1v) is 5.61. The molecule has 108 valence electrons. The lowest BCUT2D eigenvalue weighted by Gasteiger charge is -2.07. The fourth-order valence-corrected chi connectivity index (χ4v) is 1.62. The van der Waals surface area contributed by atoms with E-state index in [1.54, 1.807) is 0 Å². The van der Waals surface area contributed by atoms with Crippen LogP contribution in [0.3, 0.4) is 0 Å². The van der Waals surface area contributed by atoms with Gasteiger partial charge in [0.2, 0.25) is 0 Å². The Balaban J connectivity index is 2.31. The fourth-order valence-electron chi connectivity index (χ4n) is 1.62. The Hall–Kier alpha value is -3.03. The van der Waals surface area contributed by atoms with E-state index in [9.17, 15) is 28.8 Å². The highest BCUT2D eigenvalue weighted by Crippen LogP contribution is 2.28. The largest absolute Gasteiger partial charge is 0.506 e. The number of aromatic hydroxyl groups is 1. The van der Waals surface area contributed by atoms with Crippen LogP contribution in [0.15, 0.2) is 36.4 Å². The number of rotatable bonds is 3. The molecule has 0 atom stereocenters. The number of anilines is 1. The molecule has 2 aromatic rings. The molecule has 0 spiro atoms. The summed E-state index contributed by atoms with van der Waals surface area (Å²) in [7, 11) is 0. The van der Waals surface area contributed by atoms with Gasteiger partial charge in [0.15, 0.2) is 0 Å². The Bertz CT molecular complexity index is 714. The van der Waals surface area contributed by atoms with Crippen LogP contribution in [0.4, 0.5) is 20.2 Å². The summed E-state index contributed by atoms with van der Waals surface area (Å²) >= 11 is 0. The molecule has 0 fully saturated rings. The summed E-state index contributed by atoms with van der Waals surface area (Å²) in [6.07, 6.45) is 0. The molecule has 0 unspecified atom stereocenters. The van der Waals surface area contributed by atoms with Crippen LogP contribution in [-0.2, 0) is 0 Å². The maximum absolute atomic E-state index is 13.0. The molecular weight excluding hydrogens is 286 g/mol. The summed E-state index contributed by atoms with van der Waals surface area (Å²) in [4.78, 5) is 21.7. The Kier molecular flexibility index (Phi) is 3.79. The van der Waals surface area contributed by atoms with Gasteiger partial charge in [0, 0.05) is 23.8 Å². The summed E-state index contributed by atoms with van der Waals surface area (Å²) in [5, 5.41) is 22.3. The number of benzene rings is 2. The second-order valence-electron chi connectivity index (χ2n) is 4.07. The molecule has 0 aliphatic heterocycles. The SMILES string of the molecule is O=C(Nc1cc([N+](=O)[O-])ccc1O)c1cc(F)cc(F)c1. The second kappa shape index (κ2) is 5.53. The third kappa shape index (κ3) is 3.30. The molecule has 2 N–H and O–H groups in total. The lowest BCUT2D eigenvalue weighted by atomic mass is 10.2. The van der Waals surface area contributed by atoms with Crippen molar-refractivity contribution in [2.24, 2.45) is 0 Å². The number of nitro groups is 1. The number of hydrogen-bond acceptors (Lipinski definition) is 4. The maximum Gasteiger partial charge on any atom is 0.271 e. The highest BCUT2D eigenvalue weighted by molar-refractivity contribution is 6.05. The molecule has 0 aromatic heterocycles. The Labute approximate surface area is 116 Å². The molecule has 21 heavy (non-hydrogen) atoms. The molecule has 0 radical (unpaired) electrons. The van der Waals surface area contributed by atoms with Gasteiger partial charge in [-0.05, 0) is 18.2 Å². The first kappa shape index (κ1) is 14.4. The van der Waals surface area contributed by atoms with Crippen molar-refractivity contribution in [1.29, 1.82) is 0 Å². The minimum atomic E-state index is -0.941. The third-order valence-corrected chi connectivity index (χ3v) is 2.56. The van der Waals surface area contributed by atoms with Gasteiger partial charge in [-0.1, -0.05) is 0 Å². The van der Waals surface area contributed by atoms with E-state index in [4.69, 9.17) is 0 Å². The number of nitro benzene ring substituents is 1. The molecule has 0 heterocycles. The van der Waals surface area contributed by atoms with Crippen LogP contribution < -0.4 is 5.32 Å². The number of carbonyl (C=O) groups excluding carboxylic acids is 1. The lowest BCUT2D eigenvalue weighted by molar-refractivity contribution is -0.384. The van der Waals surface area contributed by atoms with Crippen molar-refractivity contribution in [1.82, 2.24) is 0 Å². The predicted molar refractivity (Wildman–Crippen MR) is 69.1 cm³/mol. The number of nitrogens with zero attached hydrogens (tertiary/aromatic N) is 1. The van der Waals surface area contributed by atoms with E-state index in [1.807, 2.05) is 0 Å². The van der Waals surface area contributed by atoms with Crippen LogP contribution in [0.5, 0.6) is 5.75 Å². The van der Waals surface area contributed by atoms with Crippen molar-refractivity contribution < 1.29 is 23.6 Å². The Morgan fingerprint density at radius 2 is 1.76 bits per heavy atom. The lowest BCUT2D eigenvalue weighted by Crippen LogP contribution is -2.12. The molecule has 2 aromatic carbocycles. The minimum absolute atomic E-state index is 0.237.